The molecule has 0 unspecified atom stereocenters. The van der Waals surface area contributed by atoms with Gasteiger partial charge in [-0.3, -0.25) is 14.6 Å². The molecule has 25 heavy (non-hydrogen) atoms. The van der Waals surface area contributed by atoms with Crippen LogP contribution in [0.4, 0.5) is 5.69 Å². The molecule has 0 aromatic carbocycles. The number of rotatable bonds is 4. The van der Waals surface area contributed by atoms with Gasteiger partial charge in [-0.2, -0.15) is 0 Å². The average molecular weight is 375 g/mol. The molecule has 0 saturated heterocycles. The minimum Gasteiger partial charge on any atom is -0.325 e. The fourth-order valence-electron chi connectivity index (χ4n) is 3.09. The van der Waals surface area contributed by atoms with E-state index >= 15 is 0 Å². The first-order valence-electron chi connectivity index (χ1n) is 8.04. The number of amides is 1. The summed E-state index contributed by atoms with van der Waals surface area (Å²) in [6.07, 6.45) is 6.69. The van der Waals surface area contributed by atoms with Gasteiger partial charge in [0.25, 0.3) is 5.56 Å². The topological polar surface area (TPSA) is 87.7 Å². The average Bonchev–Trinajstić information content (AvgIpc) is 3.15. The molecule has 8 heteroatoms. The van der Waals surface area contributed by atoms with Gasteiger partial charge < -0.3 is 10.3 Å². The highest BCUT2D eigenvalue weighted by atomic mass is 35.5. The first-order chi connectivity index (χ1) is 12.1. The Labute approximate surface area is 152 Å². The van der Waals surface area contributed by atoms with E-state index < -0.39 is 0 Å². The predicted molar refractivity (Wildman–Crippen MR) is 98.5 cm³/mol. The number of anilines is 1. The number of carbonyl (C=O) groups excluding carboxylic acids is 1. The van der Waals surface area contributed by atoms with E-state index in [1.165, 1.54) is 11.1 Å². The van der Waals surface area contributed by atoms with Crippen molar-refractivity contribution >= 4 is 44.7 Å². The van der Waals surface area contributed by atoms with Crippen LogP contribution in [-0.2, 0) is 24.1 Å². The number of nitrogens with zero attached hydrogens (tertiary/aromatic N) is 2. The largest absolute Gasteiger partial charge is 0.325 e. The van der Waals surface area contributed by atoms with Crippen molar-refractivity contribution in [3.63, 3.8) is 0 Å². The smallest absolute Gasteiger partial charge is 0.259 e. The van der Waals surface area contributed by atoms with E-state index in [9.17, 15) is 9.59 Å². The molecule has 0 bridgehead atoms. The Hall–Kier alpha value is -2.25. The lowest BCUT2D eigenvalue weighted by Gasteiger charge is -2.06. The molecule has 0 spiro atoms. The molecule has 3 heterocycles. The number of hydrogen-bond acceptors (Lipinski definition) is 5. The van der Waals surface area contributed by atoms with Gasteiger partial charge >= 0.3 is 0 Å². The first-order valence-corrected chi connectivity index (χ1v) is 9.24. The van der Waals surface area contributed by atoms with Crippen LogP contribution in [0.1, 0.15) is 29.1 Å². The summed E-state index contributed by atoms with van der Waals surface area (Å²) in [5.74, 6) is 0.345. The second-order valence-electron chi connectivity index (χ2n) is 5.95. The molecule has 3 aromatic heterocycles. The van der Waals surface area contributed by atoms with Crippen LogP contribution in [0, 0.1) is 0 Å². The molecular formula is C17H15ClN4O2S. The van der Waals surface area contributed by atoms with Gasteiger partial charge in [-0.25, -0.2) is 4.98 Å². The van der Waals surface area contributed by atoms with Gasteiger partial charge in [-0.1, -0.05) is 11.6 Å². The van der Waals surface area contributed by atoms with E-state index in [2.05, 4.69) is 20.3 Å². The lowest BCUT2D eigenvalue weighted by atomic mass is 10.2. The number of aromatic amines is 1. The summed E-state index contributed by atoms with van der Waals surface area (Å²) in [5, 5.41) is 3.85. The fraction of sp³-hybridized carbons (Fsp3) is 0.294. The van der Waals surface area contributed by atoms with Crippen LogP contribution in [-0.4, -0.2) is 20.9 Å². The Morgan fingerprint density at radius 1 is 1.40 bits per heavy atom. The summed E-state index contributed by atoms with van der Waals surface area (Å²) in [5.41, 5.74) is 1.58. The number of halogens is 1. The molecule has 1 aliphatic rings. The minimum atomic E-state index is -0.190. The van der Waals surface area contributed by atoms with Crippen molar-refractivity contribution in [2.75, 3.05) is 5.32 Å². The van der Waals surface area contributed by atoms with Crippen molar-refractivity contribution in [1.29, 1.82) is 0 Å². The highest BCUT2D eigenvalue weighted by Crippen LogP contribution is 2.34. The first kappa shape index (κ1) is 16.2. The van der Waals surface area contributed by atoms with Crippen molar-refractivity contribution < 1.29 is 4.79 Å². The zero-order chi connectivity index (χ0) is 17.4. The number of aromatic nitrogens is 3. The van der Waals surface area contributed by atoms with E-state index in [4.69, 9.17) is 11.6 Å². The molecule has 0 saturated carbocycles. The Morgan fingerprint density at radius 3 is 3.12 bits per heavy atom. The Kier molecular flexibility index (Phi) is 4.27. The second kappa shape index (κ2) is 6.57. The molecule has 0 aliphatic heterocycles. The zero-order valence-electron chi connectivity index (χ0n) is 13.3. The van der Waals surface area contributed by atoms with E-state index in [0.29, 0.717) is 23.0 Å². The highest BCUT2D eigenvalue weighted by Gasteiger charge is 2.21. The third kappa shape index (κ3) is 3.17. The van der Waals surface area contributed by atoms with Crippen LogP contribution < -0.4 is 10.9 Å². The number of carbonyl (C=O) groups is 1. The van der Waals surface area contributed by atoms with Gasteiger partial charge in [-0.15, -0.1) is 11.3 Å². The normalized spacial score (nSPS) is 13.2. The molecule has 3 aromatic rings. The maximum atomic E-state index is 12.4. The van der Waals surface area contributed by atoms with Crippen LogP contribution in [0.5, 0.6) is 0 Å². The maximum Gasteiger partial charge on any atom is 0.259 e. The van der Waals surface area contributed by atoms with Crippen molar-refractivity contribution in [3.05, 3.63) is 50.1 Å². The quantitative estimate of drug-likeness (QED) is 0.734. The number of aryl methyl sites for hydroxylation is 3. The van der Waals surface area contributed by atoms with Crippen molar-refractivity contribution in [1.82, 2.24) is 15.0 Å². The third-order valence-electron chi connectivity index (χ3n) is 4.26. The summed E-state index contributed by atoms with van der Waals surface area (Å²) in [6.45, 7) is 0. The molecule has 0 fully saturated rings. The number of thiophene rings is 1. The molecule has 1 amide bonds. The molecular weight excluding hydrogens is 360 g/mol. The molecule has 128 valence electrons. The fourth-order valence-corrected chi connectivity index (χ4v) is 4.53. The lowest BCUT2D eigenvalue weighted by Crippen LogP contribution is -2.16. The Bertz CT molecular complexity index is 1030. The van der Waals surface area contributed by atoms with Crippen molar-refractivity contribution in [2.24, 2.45) is 0 Å². The lowest BCUT2D eigenvalue weighted by molar-refractivity contribution is -0.116. The Morgan fingerprint density at radius 2 is 2.28 bits per heavy atom. The SMILES string of the molecule is O=C(CCc1nc2sc3c(c2c(=O)[nH]1)CCC3)Nc1ccncc1Cl. The summed E-state index contributed by atoms with van der Waals surface area (Å²) in [4.78, 5) is 37.8. The summed E-state index contributed by atoms with van der Waals surface area (Å²) < 4.78 is 0. The van der Waals surface area contributed by atoms with Crippen molar-refractivity contribution in [2.45, 2.75) is 32.1 Å². The summed E-state index contributed by atoms with van der Waals surface area (Å²) in [7, 11) is 0. The van der Waals surface area contributed by atoms with Crippen molar-refractivity contribution in [3.8, 4) is 0 Å². The van der Waals surface area contributed by atoms with Gasteiger partial charge in [0.05, 0.1) is 16.1 Å². The standard InChI is InChI=1S/C17H15ClN4O2S/c18-10-8-19-7-6-11(10)20-14(23)5-4-13-21-16(24)15-9-2-1-3-12(9)25-17(15)22-13/h6-8H,1-5H2,(H,19,20,23)(H,21,22,24). The second-order valence-corrected chi connectivity index (χ2v) is 7.44. The van der Waals surface area contributed by atoms with Gasteiger partial charge in [0.15, 0.2) is 0 Å². The third-order valence-corrected chi connectivity index (χ3v) is 5.75. The van der Waals surface area contributed by atoms with Gasteiger partial charge in [0.1, 0.15) is 10.7 Å². The van der Waals surface area contributed by atoms with Gasteiger partial charge in [-0.05, 0) is 30.9 Å². The number of pyridine rings is 1. The van der Waals surface area contributed by atoms with Crippen LogP contribution in [0.25, 0.3) is 10.2 Å². The number of nitrogens with one attached hydrogen (secondary N) is 2. The van der Waals surface area contributed by atoms with E-state index in [1.54, 1.807) is 23.6 Å². The van der Waals surface area contributed by atoms with Crippen LogP contribution >= 0.6 is 22.9 Å². The zero-order valence-corrected chi connectivity index (χ0v) is 14.8. The van der Waals surface area contributed by atoms with Crippen LogP contribution in [0.2, 0.25) is 5.02 Å². The Balaban J connectivity index is 1.49. The van der Waals surface area contributed by atoms with Gasteiger partial charge in [0.2, 0.25) is 5.91 Å². The minimum absolute atomic E-state index is 0.100. The number of hydrogen-bond donors (Lipinski definition) is 2. The molecule has 6 nitrogen and oxygen atoms in total. The number of fused-ring (bicyclic) bond motifs is 3. The predicted octanol–water partition coefficient (Wildman–Crippen LogP) is 3.09. The van der Waals surface area contributed by atoms with E-state index in [-0.39, 0.29) is 17.9 Å². The summed E-state index contributed by atoms with van der Waals surface area (Å²) in [6, 6.07) is 1.64. The molecule has 0 atom stereocenters. The molecule has 4 rings (SSSR count). The molecule has 2 N–H and O–H groups in total. The monoisotopic (exact) mass is 374 g/mol. The van der Waals surface area contributed by atoms with E-state index in [0.717, 1.165) is 35.0 Å². The molecule has 0 radical (unpaired) electrons. The number of H-pyrrole nitrogens is 1. The highest BCUT2D eigenvalue weighted by molar-refractivity contribution is 7.18. The summed E-state index contributed by atoms with van der Waals surface area (Å²) >= 11 is 7.57. The van der Waals surface area contributed by atoms with Crippen LogP contribution in [0.15, 0.2) is 23.3 Å². The van der Waals surface area contributed by atoms with Gasteiger partial charge in [0, 0.05) is 30.1 Å². The van der Waals surface area contributed by atoms with E-state index in [1.807, 2.05) is 0 Å². The molecule has 1 aliphatic carbocycles. The maximum absolute atomic E-state index is 12.4. The van der Waals surface area contributed by atoms with Crippen LogP contribution in [0.3, 0.4) is 0 Å².